The molecule has 1 N–H and O–H groups in total. The summed E-state index contributed by atoms with van der Waals surface area (Å²) in [5, 5.41) is 9.39. The molecule has 2 aliphatic heterocycles. The quantitative estimate of drug-likeness (QED) is 0.773. The maximum atomic E-state index is 15.8. The zero-order chi connectivity index (χ0) is 21.2. The van der Waals surface area contributed by atoms with Gasteiger partial charge in [-0.05, 0) is 37.7 Å². The van der Waals surface area contributed by atoms with Gasteiger partial charge in [0.15, 0.2) is 11.2 Å². The molecule has 9 heteroatoms. The standard InChI is InChI=1S/C21H21F2N3O4/c22-14-6-13-17(28)7-15(21(29)30)26(12-3-4-12)19(13)18(23)20(14)25-8-11-2-1-5-24(10-27)16(11)9-25/h6-7,10-12,16H,1-5,8-9H2,(H,29,30). The van der Waals surface area contributed by atoms with Crippen molar-refractivity contribution in [1.29, 1.82) is 0 Å². The lowest BCUT2D eigenvalue weighted by molar-refractivity contribution is -0.121. The molecule has 1 saturated carbocycles. The first-order valence-electron chi connectivity index (χ1n) is 10.2. The third-order valence-corrected chi connectivity index (χ3v) is 6.61. The molecule has 1 amide bonds. The molecule has 0 bridgehead atoms. The Kier molecular flexibility index (Phi) is 4.30. The van der Waals surface area contributed by atoms with Crippen LogP contribution in [-0.4, -0.2) is 52.6 Å². The summed E-state index contributed by atoms with van der Waals surface area (Å²) in [4.78, 5) is 38.8. The average molecular weight is 417 g/mol. The number of benzene rings is 1. The summed E-state index contributed by atoms with van der Waals surface area (Å²) in [6, 6.07) is 1.62. The Morgan fingerprint density at radius 1 is 1.17 bits per heavy atom. The van der Waals surface area contributed by atoms with Gasteiger partial charge in [-0.15, -0.1) is 0 Å². The molecule has 3 aliphatic rings. The van der Waals surface area contributed by atoms with Crippen LogP contribution >= 0.6 is 0 Å². The van der Waals surface area contributed by atoms with Gasteiger partial charge in [-0.1, -0.05) is 0 Å². The van der Waals surface area contributed by atoms with E-state index in [2.05, 4.69) is 0 Å². The van der Waals surface area contributed by atoms with E-state index >= 15 is 8.78 Å². The van der Waals surface area contributed by atoms with Gasteiger partial charge in [-0.2, -0.15) is 0 Å². The van der Waals surface area contributed by atoms with Gasteiger partial charge in [0.2, 0.25) is 6.41 Å². The number of carbonyl (C=O) groups excluding carboxylic acids is 1. The molecule has 30 heavy (non-hydrogen) atoms. The number of piperidine rings is 1. The lowest BCUT2D eigenvalue weighted by atomic mass is 9.93. The van der Waals surface area contributed by atoms with Crippen molar-refractivity contribution >= 4 is 29.0 Å². The van der Waals surface area contributed by atoms with Gasteiger partial charge in [0.05, 0.1) is 16.9 Å². The van der Waals surface area contributed by atoms with Crippen LogP contribution in [0, 0.1) is 17.6 Å². The highest BCUT2D eigenvalue weighted by Crippen LogP contribution is 2.42. The van der Waals surface area contributed by atoms with Gasteiger partial charge in [0, 0.05) is 31.7 Å². The fraction of sp³-hybridized carbons (Fsp3) is 0.476. The minimum atomic E-state index is -1.32. The van der Waals surface area contributed by atoms with Crippen LogP contribution in [-0.2, 0) is 4.79 Å². The molecule has 2 unspecified atom stereocenters. The molecule has 0 spiro atoms. The summed E-state index contributed by atoms with van der Waals surface area (Å²) in [7, 11) is 0. The number of halogens is 2. The highest BCUT2D eigenvalue weighted by Gasteiger charge is 2.41. The second kappa shape index (κ2) is 6.78. The number of rotatable bonds is 4. The molecule has 7 nitrogen and oxygen atoms in total. The van der Waals surface area contributed by atoms with Crippen LogP contribution in [0.2, 0.25) is 0 Å². The van der Waals surface area contributed by atoms with Crippen molar-refractivity contribution in [2.75, 3.05) is 24.5 Å². The van der Waals surface area contributed by atoms with Crippen LogP contribution in [0.1, 0.15) is 42.2 Å². The van der Waals surface area contributed by atoms with Gasteiger partial charge in [-0.25, -0.2) is 13.6 Å². The monoisotopic (exact) mass is 417 g/mol. The Morgan fingerprint density at radius 2 is 1.93 bits per heavy atom. The number of nitrogens with zero attached hydrogens (tertiary/aromatic N) is 3. The zero-order valence-electron chi connectivity index (χ0n) is 16.2. The van der Waals surface area contributed by atoms with Crippen LogP contribution in [0.25, 0.3) is 10.9 Å². The molecular formula is C21H21F2N3O4. The normalized spacial score (nSPS) is 23.7. The number of amides is 1. The van der Waals surface area contributed by atoms with Crippen molar-refractivity contribution in [3.05, 3.63) is 39.7 Å². The van der Waals surface area contributed by atoms with E-state index in [0.29, 0.717) is 32.5 Å². The number of carbonyl (C=O) groups is 2. The Bertz CT molecular complexity index is 1130. The first-order chi connectivity index (χ1) is 14.4. The van der Waals surface area contributed by atoms with Gasteiger partial charge >= 0.3 is 5.97 Å². The number of carboxylic acids is 1. The number of fused-ring (bicyclic) bond motifs is 2. The molecule has 1 aliphatic carbocycles. The molecule has 2 atom stereocenters. The minimum absolute atomic E-state index is 0.110. The lowest BCUT2D eigenvalue weighted by Crippen LogP contribution is -2.44. The van der Waals surface area contributed by atoms with Crippen molar-refractivity contribution in [2.24, 2.45) is 5.92 Å². The zero-order valence-corrected chi connectivity index (χ0v) is 16.2. The topological polar surface area (TPSA) is 82.8 Å². The lowest BCUT2D eigenvalue weighted by Gasteiger charge is -2.33. The highest BCUT2D eigenvalue weighted by molar-refractivity contribution is 5.92. The molecule has 1 aromatic heterocycles. The molecule has 158 valence electrons. The predicted octanol–water partition coefficient (Wildman–Crippen LogP) is 2.37. The predicted molar refractivity (Wildman–Crippen MR) is 105 cm³/mol. The summed E-state index contributed by atoms with van der Waals surface area (Å²) in [5.41, 5.74) is -1.40. The molecule has 5 rings (SSSR count). The van der Waals surface area contributed by atoms with Crippen LogP contribution in [0.5, 0.6) is 0 Å². The van der Waals surface area contributed by atoms with Crippen LogP contribution in [0.4, 0.5) is 14.5 Å². The fourth-order valence-electron chi connectivity index (χ4n) is 5.11. The number of pyridine rings is 1. The van der Waals surface area contributed by atoms with E-state index in [4.69, 9.17) is 0 Å². The molecular weight excluding hydrogens is 396 g/mol. The van der Waals surface area contributed by atoms with Crippen molar-refractivity contribution in [3.63, 3.8) is 0 Å². The maximum absolute atomic E-state index is 15.8. The van der Waals surface area contributed by atoms with Gasteiger partial charge in [-0.3, -0.25) is 9.59 Å². The molecule has 2 aromatic rings. The average Bonchev–Trinajstić information content (AvgIpc) is 3.46. The third kappa shape index (κ3) is 2.79. The molecule has 1 aromatic carbocycles. The van der Waals surface area contributed by atoms with E-state index in [0.717, 1.165) is 31.4 Å². The van der Waals surface area contributed by atoms with Gasteiger partial charge in [0.25, 0.3) is 0 Å². The first-order valence-corrected chi connectivity index (χ1v) is 10.2. The Morgan fingerprint density at radius 3 is 2.60 bits per heavy atom. The van der Waals surface area contributed by atoms with E-state index in [-0.39, 0.29) is 40.3 Å². The van der Waals surface area contributed by atoms with E-state index in [1.54, 1.807) is 9.80 Å². The van der Waals surface area contributed by atoms with Crippen molar-refractivity contribution < 1.29 is 23.5 Å². The van der Waals surface area contributed by atoms with E-state index in [1.807, 2.05) is 0 Å². The third-order valence-electron chi connectivity index (χ3n) is 6.61. The summed E-state index contributed by atoms with van der Waals surface area (Å²) in [6.07, 6.45) is 3.86. The van der Waals surface area contributed by atoms with Crippen LogP contribution in [0.15, 0.2) is 16.9 Å². The summed E-state index contributed by atoms with van der Waals surface area (Å²) in [6.45, 7) is 1.33. The molecule has 3 heterocycles. The number of anilines is 1. The largest absolute Gasteiger partial charge is 0.477 e. The van der Waals surface area contributed by atoms with E-state index < -0.39 is 23.0 Å². The van der Waals surface area contributed by atoms with Gasteiger partial charge in [0.1, 0.15) is 17.2 Å². The fourth-order valence-corrected chi connectivity index (χ4v) is 5.11. The van der Waals surface area contributed by atoms with Crippen molar-refractivity contribution in [1.82, 2.24) is 9.47 Å². The Balaban J connectivity index is 1.69. The second-order valence-corrected chi connectivity index (χ2v) is 8.44. The van der Waals surface area contributed by atoms with Gasteiger partial charge < -0.3 is 19.5 Å². The van der Waals surface area contributed by atoms with Crippen LogP contribution < -0.4 is 10.3 Å². The smallest absolute Gasteiger partial charge is 0.352 e. The van der Waals surface area contributed by atoms with Crippen molar-refractivity contribution in [2.45, 2.75) is 37.8 Å². The van der Waals surface area contributed by atoms with Crippen LogP contribution in [0.3, 0.4) is 0 Å². The number of hydrogen-bond donors (Lipinski definition) is 1. The SMILES string of the molecule is O=CN1CCCC2CN(c3c(F)cc4c(=O)cc(C(=O)O)n(C5CC5)c4c3F)CC21. The molecule has 2 saturated heterocycles. The number of carboxylic acid groups (broad SMARTS) is 1. The second-order valence-electron chi connectivity index (χ2n) is 8.44. The number of aromatic nitrogens is 1. The Labute approximate surface area is 170 Å². The number of aromatic carboxylic acids is 1. The first kappa shape index (κ1) is 19.0. The highest BCUT2D eigenvalue weighted by atomic mass is 19.1. The van der Waals surface area contributed by atoms with E-state index in [1.165, 1.54) is 4.57 Å². The van der Waals surface area contributed by atoms with Crippen molar-refractivity contribution in [3.8, 4) is 0 Å². The Hall–Kier alpha value is -2.97. The minimum Gasteiger partial charge on any atom is -0.477 e. The summed E-state index contributed by atoms with van der Waals surface area (Å²) >= 11 is 0. The molecule has 3 fully saturated rings. The molecule has 0 radical (unpaired) electrons. The number of likely N-dealkylation sites (tertiary alicyclic amines) is 1. The number of hydrogen-bond acceptors (Lipinski definition) is 4. The maximum Gasteiger partial charge on any atom is 0.352 e. The summed E-state index contributed by atoms with van der Waals surface area (Å²) in [5.74, 6) is -2.96. The summed E-state index contributed by atoms with van der Waals surface area (Å²) < 4.78 is 32.2. The van der Waals surface area contributed by atoms with E-state index in [9.17, 15) is 19.5 Å².